The van der Waals surface area contributed by atoms with E-state index in [9.17, 15) is 0 Å². The summed E-state index contributed by atoms with van der Waals surface area (Å²) in [7, 11) is -0.989. The smallest absolute Gasteiger partial charge is 0.261 e. The fourth-order valence-electron chi connectivity index (χ4n) is 3.82. The number of hydrogen-bond donors (Lipinski definition) is 0. The van der Waals surface area contributed by atoms with Gasteiger partial charge in [-0.05, 0) is 33.1 Å². The predicted molar refractivity (Wildman–Crippen MR) is 128 cm³/mol. The van der Waals surface area contributed by atoms with Gasteiger partial charge in [-0.2, -0.15) is 0 Å². The van der Waals surface area contributed by atoms with E-state index in [1.54, 1.807) is 7.11 Å². The highest BCUT2D eigenvalue weighted by atomic mass is 79.9. The molecule has 3 aromatic rings. The summed E-state index contributed by atoms with van der Waals surface area (Å²) in [5, 5.41) is 3.00. The molecule has 0 saturated heterocycles. The Kier molecular flexibility index (Phi) is 6.89. The van der Waals surface area contributed by atoms with Crippen LogP contribution in [-0.2, 0) is 11.0 Å². The molecule has 0 aromatic heterocycles. The van der Waals surface area contributed by atoms with Crippen molar-refractivity contribution in [1.82, 2.24) is 0 Å². The van der Waals surface area contributed by atoms with E-state index < -0.39 is 8.32 Å². The third kappa shape index (κ3) is 4.46. The molecule has 0 heterocycles. The number of hydrogen-bond acceptors (Lipinski definition) is 2. The molecule has 0 atom stereocenters. The Bertz CT molecular complexity index is 916. The molecule has 29 heavy (non-hydrogen) atoms. The molecule has 0 aliphatic carbocycles. The molecule has 0 unspecified atom stereocenters. The van der Waals surface area contributed by atoms with Crippen molar-refractivity contribution >= 4 is 46.2 Å². The number of ether oxygens (including phenoxy) is 1. The van der Waals surface area contributed by atoms with Gasteiger partial charge in [0.25, 0.3) is 8.32 Å². The molecule has 152 valence electrons. The number of halogens is 2. The highest BCUT2D eigenvalue weighted by Crippen LogP contribution is 2.39. The van der Waals surface area contributed by atoms with Crippen molar-refractivity contribution in [1.29, 1.82) is 0 Å². The molecule has 0 saturated carbocycles. The van der Waals surface area contributed by atoms with Crippen LogP contribution in [0.5, 0.6) is 5.75 Å². The molecule has 3 aromatic carbocycles. The fourth-order valence-corrected chi connectivity index (χ4v) is 9.07. The zero-order valence-corrected chi connectivity index (χ0v) is 20.5. The molecular formula is C24H26BrClO2Si. The summed E-state index contributed by atoms with van der Waals surface area (Å²) in [5.74, 6) is 0.641. The van der Waals surface area contributed by atoms with Gasteiger partial charge in [0, 0.05) is 4.47 Å². The average Bonchev–Trinajstić information content (AvgIpc) is 2.71. The summed E-state index contributed by atoms with van der Waals surface area (Å²) in [5.41, 5.74) is 0.908. The van der Waals surface area contributed by atoms with Gasteiger partial charge in [0.2, 0.25) is 0 Å². The molecule has 0 bridgehead atoms. The van der Waals surface area contributed by atoms with Gasteiger partial charge in [-0.3, -0.25) is 0 Å². The lowest BCUT2D eigenvalue weighted by molar-refractivity contribution is 0.285. The normalized spacial score (nSPS) is 12.1. The molecule has 0 N–H and O–H groups in total. The molecular weight excluding hydrogens is 464 g/mol. The van der Waals surface area contributed by atoms with E-state index >= 15 is 0 Å². The Morgan fingerprint density at radius 1 is 0.897 bits per heavy atom. The Hall–Kier alpha value is -1.59. The summed E-state index contributed by atoms with van der Waals surface area (Å²) in [6.45, 7) is 7.20. The van der Waals surface area contributed by atoms with E-state index in [-0.39, 0.29) is 5.04 Å². The van der Waals surface area contributed by atoms with E-state index in [4.69, 9.17) is 20.8 Å². The highest BCUT2D eigenvalue weighted by Gasteiger charge is 2.50. The van der Waals surface area contributed by atoms with Crippen LogP contribution in [0, 0.1) is 0 Å². The Labute approximate surface area is 188 Å². The van der Waals surface area contributed by atoms with E-state index in [1.807, 2.05) is 24.3 Å². The molecule has 0 aliphatic rings. The first-order valence-corrected chi connectivity index (χ1v) is 12.6. The zero-order valence-electron chi connectivity index (χ0n) is 17.2. The van der Waals surface area contributed by atoms with Crippen LogP contribution in [0.15, 0.2) is 77.3 Å². The van der Waals surface area contributed by atoms with E-state index in [1.165, 1.54) is 10.4 Å². The first-order chi connectivity index (χ1) is 13.8. The van der Waals surface area contributed by atoms with Gasteiger partial charge in [-0.25, -0.2) is 0 Å². The molecule has 3 rings (SSSR count). The summed E-state index contributed by atoms with van der Waals surface area (Å²) in [4.78, 5) is 0. The first kappa shape index (κ1) is 22.1. The van der Waals surface area contributed by atoms with E-state index in [2.05, 4.69) is 85.2 Å². The van der Waals surface area contributed by atoms with Crippen molar-refractivity contribution in [2.45, 2.75) is 32.4 Å². The summed E-state index contributed by atoms with van der Waals surface area (Å²) in [6.07, 6.45) is 0. The minimum absolute atomic E-state index is 0.0850. The SMILES string of the molecule is COc1cc(Br)cc(CO[Si](c2ccccc2)(c2ccccc2)C(C)(C)C)c1Cl. The summed E-state index contributed by atoms with van der Waals surface area (Å²) < 4.78 is 13.3. The van der Waals surface area contributed by atoms with Crippen molar-refractivity contribution in [2.24, 2.45) is 0 Å². The third-order valence-corrected chi connectivity index (χ3v) is 11.0. The lowest BCUT2D eigenvalue weighted by Gasteiger charge is -2.43. The quantitative estimate of drug-likeness (QED) is 0.384. The highest BCUT2D eigenvalue weighted by molar-refractivity contribution is 9.10. The van der Waals surface area contributed by atoms with Crippen molar-refractivity contribution in [2.75, 3.05) is 7.11 Å². The van der Waals surface area contributed by atoms with Gasteiger partial charge in [-0.1, -0.05) is 109 Å². The minimum Gasteiger partial charge on any atom is -0.495 e. The molecule has 0 fully saturated rings. The minimum atomic E-state index is -2.61. The van der Waals surface area contributed by atoms with Gasteiger partial charge in [0.05, 0.1) is 18.7 Å². The summed E-state index contributed by atoms with van der Waals surface area (Å²) >= 11 is 10.2. The lowest BCUT2D eigenvalue weighted by Crippen LogP contribution is -2.66. The van der Waals surface area contributed by atoms with Crippen LogP contribution in [0.25, 0.3) is 0 Å². The second-order valence-corrected chi connectivity index (χ2v) is 13.6. The van der Waals surface area contributed by atoms with Crippen molar-refractivity contribution in [3.8, 4) is 5.75 Å². The molecule has 0 spiro atoms. The lowest BCUT2D eigenvalue weighted by atomic mass is 10.2. The number of rotatable bonds is 6. The standard InChI is InChI=1S/C24H26BrClO2Si/c1-24(2,3)29(20-11-7-5-8-12-20,21-13-9-6-10-14-21)28-17-18-15-19(25)16-22(27-4)23(18)26/h5-16H,17H2,1-4H3. The number of benzene rings is 3. The van der Waals surface area contributed by atoms with Crippen molar-refractivity contribution < 1.29 is 9.16 Å². The van der Waals surface area contributed by atoms with Gasteiger partial charge >= 0.3 is 0 Å². The van der Waals surface area contributed by atoms with Crippen LogP contribution >= 0.6 is 27.5 Å². The Balaban J connectivity index is 2.14. The second kappa shape index (κ2) is 9.05. The second-order valence-electron chi connectivity index (χ2n) is 8.03. The van der Waals surface area contributed by atoms with Gasteiger partial charge < -0.3 is 9.16 Å². The predicted octanol–water partition coefficient (Wildman–Crippen LogP) is 6.19. The Morgan fingerprint density at radius 3 is 1.86 bits per heavy atom. The van der Waals surface area contributed by atoms with Gasteiger partial charge in [0.15, 0.2) is 0 Å². The van der Waals surface area contributed by atoms with Gasteiger partial charge in [-0.15, -0.1) is 0 Å². The van der Waals surface area contributed by atoms with Crippen molar-refractivity contribution in [3.05, 3.63) is 87.9 Å². The maximum Gasteiger partial charge on any atom is 0.261 e. The van der Waals surface area contributed by atoms with Gasteiger partial charge in [0.1, 0.15) is 5.75 Å². The number of methoxy groups -OCH3 is 1. The average molecular weight is 490 g/mol. The maximum atomic E-state index is 6.97. The van der Waals surface area contributed by atoms with Crippen LogP contribution in [0.3, 0.4) is 0 Å². The van der Waals surface area contributed by atoms with Crippen LogP contribution in [0.4, 0.5) is 0 Å². The Morgan fingerprint density at radius 2 is 1.41 bits per heavy atom. The van der Waals surface area contributed by atoms with E-state index in [0.717, 1.165) is 10.0 Å². The largest absolute Gasteiger partial charge is 0.495 e. The molecule has 0 amide bonds. The van der Waals surface area contributed by atoms with Crippen molar-refractivity contribution in [3.63, 3.8) is 0 Å². The van der Waals surface area contributed by atoms with Crippen LogP contribution in [0.2, 0.25) is 10.1 Å². The van der Waals surface area contributed by atoms with Crippen LogP contribution in [-0.4, -0.2) is 15.4 Å². The summed E-state index contributed by atoms with van der Waals surface area (Å²) in [6, 6.07) is 25.1. The fraction of sp³-hybridized carbons (Fsp3) is 0.250. The molecule has 0 aliphatic heterocycles. The first-order valence-electron chi connectivity index (χ1n) is 9.56. The monoisotopic (exact) mass is 488 g/mol. The zero-order chi connectivity index (χ0) is 21.1. The molecule has 0 radical (unpaired) electrons. The molecule has 2 nitrogen and oxygen atoms in total. The van der Waals surface area contributed by atoms with Crippen LogP contribution in [0.1, 0.15) is 26.3 Å². The third-order valence-electron chi connectivity index (χ3n) is 5.16. The maximum absolute atomic E-state index is 6.97. The van der Waals surface area contributed by atoms with Crippen LogP contribution < -0.4 is 15.1 Å². The topological polar surface area (TPSA) is 18.5 Å². The van der Waals surface area contributed by atoms with E-state index in [0.29, 0.717) is 17.4 Å². The molecule has 5 heteroatoms.